The number of nitrogens with zero attached hydrogens (tertiary/aromatic N) is 1. The first-order chi connectivity index (χ1) is 16.1. The van der Waals surface area contributed by atoms with Crippen molar-refractivity contribution in [2.45, 2.75) is 58.8 Å². The van der Waals surface area contributed by atoms with E-state index in [4.69, 9.17) is 4.74 Å². The zero-order valence-corrected chi connectivity index (χ0v) is 21.3. The third-order valence-corrected chi connectivity index (χ3v) is 7.19. The molecule has 1 fully saturated rings. The molecule has 1 aliphatic carbocycles. The molecular formula is C24H30N2O6S2. The second kappa shape index (κ2) is 11.2. The highest BCUT2D eigenvalue weighted by Crippen LogP contribution is 2.31. The summed E-state index contributed by atoms with van der Waals surface area (Å²) in [5.41, 5.74) is 2.55. The molecule has 0 aliphatic heterocycles. The number of sulfonamides is 1. The van der Waals surface area contributed by atoms with Crippen LogP contribution in [0.5, 0.6) is 0 Å². The van der Waals surface area contributed by atoms with Gasteiger partial charge in [-0.3, -0.25) is 19.1 Å². The molecule has 34 heavy (non-hydrogen) atoms. The van der Waals surface area contributed by atoms with Crippen LogP contribution in [0.2, 0.25) is 0 Å². The number of Topliss-reactive ketones (excluding diaryl/α,β-unsaturated/α-hetero) is 2. The van der Waals surface area contributed by atoms with Gasteiger partial charge in [-0.15, -0.1) is 11.3 Å². The van der Waals surface area contributed by atoms with Gasteiger partial charge in [-0.05, 0) is 49.9 Å². The first-order valence-corrected chi connectivity index (χ1v) is 14.1. The Morgan fingerprint density at radius 2 is 1.85 bits per heavy atom. The normalized spacial score (nSPS) is 14.2. The van der Waals surface area contributed by atoms with Gasteiger partial charge in [0.15, 0.2) is 5.78 Å². The van der Waals surface area contributed by atoms with E-state index in [0.717, 1.165) is 31.9 Å². The Kier molecular flexibility index (Phi) is 8.59. The Bertz CT molecular complexity index is 1180. The van der Waals surface area contributed by atoms with Gasteiger partial charge in [-0.2, -0.15) is 0 Å². The third-order valence-electron chi connectivity index (χ3n) is 5.70. The fraction of sp³-hybridized carbons (Fsp3) is 0.500. The van der Waals surface area contributed by atoms with E-state index in [1.807, 2.05) is 0 Å². The Balaban J connectivity index is 1.81. The van der Waals surface area contributed by atoms with Crippen LogP contribution in [-0.2, 0) is 43.6 Å². The minimum absolute atomic E-state index is 0.0141. The Labute approximate surface area is 204 Å². The number of hydrogen-bond donors (Lipinski definition) is 1. The number of carbonyl (C=O) groups is 3. The first-order valence-electron chi connectivity index (χ1n) is 11.3. The van der Waals surface area contributed by atoms with Crippen LogP contribution in [0.3, 0.4) is 0 Å². The van der Waals surface area contributed by atoms with Crippen molar-refractivity contribution in [2.24, 2.45) is 5.92 Å². The van der Waals surface area contributed by atoms with Crippen LogP contribution in [-0.4, -0.2) is 43.8 Å². The number of esters is 1. The van der Waals surface area contributed by atoms with E-state index in [0.29, 0.717) is 39.7 Å². The SMILES string of the molecule is CCOC(=O)Cc1csc(CC(=O)Cc2cc(NS(C)(=O)=O)c(C)cc2C(=O)C2CCCC2)n1. The second-order valence-corrected chi connectivity index (χ2v) is 11.3. The monoisotopic (exact) mass is 506 g/mol. The fourth-order valence-corrected chi connectivity index (χ4v) is 5.60. The molecule has 0 bridgehead atoms. The summed E-state index contributed by atoms with van der Waals surface area (Å²) in [5, 5.41) is 2.31. The molecule has 0 amide bonds. The molecule has 2 aromatic rings. The van der Waals surface area contributed by atoms with Gasteiger partial charge in [0.2, 0.25) is 10.0 Å². The highest BCUT2D eigenvalue weighted by molar-refractivity contribution is 7.92. The summed E-state index contributed by atoms with van der Waals surface area (Å²) < 4.78 is 31.0. The molecule has 1 aromatic heterocycles. The Morgan fingerprint density at radius 3 is 2.50 bits per heavy atom. The summed E-state index contributed by atoms with van der Waals surface area (Å²) in [6, 6.07) is 3.29. The van der Waals surface area contributed by atoms with Crippen molar-refractivity contribution >= 4 is 44.6 Å². The van der Waals surface area contributed by atoms with E-state index in [9.17, 15) is 22.8 Å². The van der Waals surface area contributed by atoms with Crippen LogP contribution >= 0.6 is 11.3 Å². The van der Waals surface area contributed by atoms with Crippen LogP contribution in [0.25, 0.3) is 0 Å². The smallest absolute Gasteiger partial charge is 0.311 e. The number of thiazole rings is 1. The first kappa shape index (κ1) is 26.0. The van der Waals surface area contributed by atoms with Crippen molar-refractivity contribution in [1.29, 1.82) is 0 Å². The molecule has 0 spiro atoms. The van der Waals surface area contributed by atoms with Gasteiger partial charge in [-0.25, -0.2) is 13.4 Å². The van der Waals surface area contributed by atoms with E-state index < -0.39 is 10.0 Å². The number of anilines is 1. The van der Waals surface area contributed by atoms with Crippen molar-refractivity contribution in [3.8, 4) is 0 Å². The average molecular weight is 507 g/mol. The quantitative estimate of drug-likeness (QED) is 0.365. The maximum atomic E-state index is 13.2. The molecule has 0 unspecified atom stereocenters. The van der Waals surface area contributed by atoms with Crippen LogP contribution in [0.1, 0.15) is 64.8 Å². The second-order valence-electron chi connectivity index (χ2n) is 8.65. The molecule has 184 valence electrons. The molecule has 0 radical (unpaired) electrons. The van der Waals surface area contributed by atoms with E-state index in [1.165, 1.54) is 11.3 Å². The number of hydrogen-bond acceptors (Lipinski definition) is 8. The van der Waals surface area contributed by atoms with Gasteiger partial charge in [-0.1, -0.05) is 12.8 Å². The summed E-state index contributed by atoms with van der Waals surface area (Å²) in [4.78, 5) is 42.1. The highest BCUT2D eigenvalue weighted by atomic mass is 32.2. The third kappa shape index (κ3) is 7.20. The number of aryl methyl sites for hydroxylation is 1. The highest BCUT2D eigenvalue weighted by Gasteiger charge is 2.27. The Hall–Kier alpha value is -2.59. The lowest BCUT2D eigenvalue weighted by Gasteiger charge is -2.17. The molecule has 0 saturated heterocycles. The average Bonchev–Trinajstić information content (AvgIpc) is 3.41. The lowest BCUT2D eigenvalue weighted by molar-refractivity contribution is -0.142. The summed E-state index contributed by atoms with van der Waals surface area (Å²) in [7, 11) is -3.52. The lowest BCUT2D eigenvalue weighted by Crippen LogP contribution is -2.18. The van der Waals surface area contributed by atoms with Gasteiger partial charge in [0.25, 0.3) is 0 Å². The summed E-state index contributed by atoms with van der Waals surface area (Å²) in [6.45, 7) is 3.77. The molecule has 1 aliphatic rings. The van der Waals surface area contributed by atoms with E-state index in [-0.39, 0.29) is 42.7 Å². The van der Waals surface area contributed by atoms with E-state index >= 15 is 0 Å². The number of ether oxygens (including phenoxy) is 1. The van der Waals surface area contributed by atoms with E-state index in [1.54, 1.807) is 31.4 Å². The Morgan fingerprint density at radius 1 is 1.15 bits per heavy atom. The summed E-state index contributed by atoms with van der Waals surface area (Å²) >= 11 is 1.29. The molecule has 1 saturated carbocycles. The number of ketones is 2. The van der Waals surface area contributed by atoms with Crippen molar-refractivity contribution in [3.63, 3.8) is 0 Å². The van der Waals surface area contributed by atoms with Gasteiger partial charge < -0.3 is 4.74 Å². The fourth-order valence-electron chi connectivity index (χ4n) is 4.16. The van der Waals surface area contributed by atoms with Crippen LogP contribution in [0.4, 0.5) is 5.69 Å². The topological polar surface area (TPSA) is 119 Å². The van der Waals surface area contributed by atoms with Gasteiger partial charge >= 0.3 is 5.97 Å². The lowest BCUT2D eigenvalue weighted by atomic mass is 9.89. The number of benzene rings is 1. The maximum absolute atomic E-state index is 13.2. The standard InChI is InChI=1S/C24H30N2O6S2/c1-4-32-23(28)12-18-14-33-22(25-18)13-19(27)10-17-11-21(26-34(3,30)31)15(2)9-20(17)24(29)16-7-5-6-8-16/h9,11,14,16,26H,4-8,10,12-13H2,1-3H3. The van der Waals surface area contributed by atoms with Crippen LogP contribution in [0, 0.1) is 12.8 Å². The molecular weight excluding hydrogens is 476 g/mol. The number of carbonyl (C=O) groups excluding carboxylic acids is 3. The van der Waals surface area contributed by atoms with Gasteiger partial charge in [0, 0.05) is 23.3 Å². The minimum atomic E-state index is -3.52. The van der Waals surface area contributed by atoms with Gasteiger partial charge in [0.05, 0.1) is 37.1 Å². The predicted octanol–water partition coefficient (Wildman–Crippen LogP) is 3.66. The van der Waals surface area contributed by atoms with Gasteiger partial charge in [0.1, 0.15) is 10.8 Å². The van der Waals surface area contributed by atoms with Crippen LogP contribution < -0.4 is 4.72 Å². The predicted molar refractivity (Wildman–Crippen MR) is 131 cm³/mol. The summed E-state index contributed by atoms with van der Waals surface area (Å²) in [6.07, 6.45) is 4.84. The summed E-state index contributed by atoms with van der Waals surface area (Å²) in [5.74, 6) is -0.565. The molecule has 0 atom stereocenters. The van der Waals surface area contributed by atoms with Crippen molar-refractivity contribution in [2.75, 3.05) is 17.6 Å². The van der Waals surface area contributed by atoms with Crippen LogP contribution in [0.15, 0.2) is 17.5 Å². The van der Waals surface area contributed by atoms with E-state index in [2.05, 4.69) is 9.71 Å². The number of aromatic nitrogens is 1. The van der Waals surface area contributed by atoms with Crippen molar-refractivity contribution < 1.29 is 27.5 Å². The molecule has 10 heteroatoms. The number of nitrogens with one attached hydrogen (secondary N) is 1. The zero-order chi connectivity index (χ0) is 24.9. The molecule has 1 heterocycles. The number of rotatable bonds is 11. The maximum Gasteiger partial charge on any atom is 0.311 e. The van der Waals surface area contributed by atoms with Crippen molar-refractivity contribution in [1.82, 2.24) is 4.98 Å². The molecule has 1 N–H and O–H groups in total. The largest absolute Gasteiger partial charge is 0.466 e. The molecule has 8 nitrogen and oxygen atoms in total. The molecule has 1 aromatic carbocycles. The molecule has 3 rings (SSSR count). The minimum Gasteiger partial charge on any atom is -0.466 e. The van der Waals surface area contributed by atoms with Crippen molar-refractivity contribution in [3.05, 3.63) is 44.9 Å². The zero-order valence-electron chi connectivity index (χ0n) is 19.7.